The van der Waals surface area contributed by atoms with Crippen LogP contribution in [-0.2, 0) is 4.79 Å². The minimum atomic E-state index is -0.0962. The van der Waals surface area contributed by atoms with Crippen molar-refractivity contribution in [2.24, 2.45) is 0 Å². The first-order valence-electron chi connectivity index (χ1n) is 9.31. The zero-order valence-corrected chi connectivity index (χ0v) is 18.7. The van der Waals surface area contributed by atoms with Crippen LogP contribution in [0.4, 0.5) is 0 Å². The average molecular weight is 446 g/mol. The SMILES string of the molecule is COc1ccc(OCCCOc2ccc(/C=C3\SC(=S)N(C)C3=O)cc2OC)cc1. The van der Waals surface area contributed by atoms with E-state index >= 15 is 0 Å². The highest BCUT2D eigenvalue weighted by Crippen LogP contribution is 2.34. The zero-order valence-electron chi connectivity index (χ0n) is 17.0. The molecule has 1 saturated heterocycles. The number of ether oxygens (including phenoxy) is 4. The number of hydrogen-bond acceptors (Lipinski definition) is 7. The second kappa shape index (κ2) is 10.4. The van der Waals surface area contributed by atoms with E-state index in [1.54, 1.807) is 27.3 Å². The fourth-order valence-electron chi connectivity index (χ4n) is 2.69. The maximum absolute atomic E-state index is 12.2. The van der Waals surface area contributed by atoms with Gasteiger partial charge >= 0.3 is 0 Å². The molecule has 3 rings (SSSR count). The number of carbonyl (C=O) groups excluding carboxylic acids is 1. The molecule has 0 N–H and O–H groups in total. The molecule has 0 aromatic heterocycles. The third-order valence-corrected chi connectivity index (χ3v) is 5.83. The lowest BCUT2D eigenvalue weighted by molar-refractivity contribution is -0.121. The summed E-state index contributed by atoms with van der Waals surface area (Å²) in [4.78, 5) is 14.2. The Labute approximate surface area is 185 Å². The van der Waals surface area contributed by atoms with Crippen molar-refractivity contribution in [1.82, 2.24) is 4.90 Å². The summed E-state index contributed by atoms with van der Waals surface area (Å²) in [6.45, 7) is 1.02. The fraction of sp³-hybridized carbons (Fsp3) is 0.273. The number of thioether (sulfide) groups is 1. The lowest BCUT2D eigenvalue weighted by Gasteiger charge is -2.12. The minimum absolute atomic E-state index is 0.0962. The van der Waals surface area contributed by atoms with E-state index in [9.17, 15) is 4.79 Å². The Morgan fingerprint density at radius 1 is 0.967 bits per heavy atom. The third-order valence-electron chi connectivity index (χ3n) is 4.35. The van der Waals surface area contributed by atoms with Gasteiger partial charge in [0.15, 0.2) is 11.5 Å². The first kappa shape index (κ1) is 22.0. The summed E-state index contributed by atoms with van der Waals surface area (Å²) < 4.78 is 22.7. The van der Waals surface area contributed by atoms with Gasteiger partial charge in [-0.2, -0.15) is 0 Å². The number of thiocarbonyl (C=S) groups is 1. The maximum atomic E-state index is 12.2. The monoisotopic (exact) mass is 445 g/mol. The molecule has 2 aromatic rings. The molecule has 0 unspecified atom stereocenters. The Balaban J connectivity index is 1.52. The van der Waals surface area contributed by atoms with Gasteiger partial charge in [-0.1, -0.05) is 30.0 Å². The third kappa shape index (κ3) is 5.46. The molecule has 158 valence electrons. The van der Waals surface area contributed by atoms with Crippen LogP contribution >= 0.6 is 24.0 Å². The topological polar surface area (TPSA) is 57.2 Å². The Morgan fingerprint density at radius 2 is 1.67 bits per heavy atom. The number of amides is 1. The summed E-state index contributed by atoms with van der Waals surface area (Å²) in [5.74, 6) is 2.73. The van der Waals surface area contributed by atoms with Crippen LogP contribution in [0.25, 0.3) is 6.08 Å². The predicted octanol–water partition coefficient (Wildman–Crippen LogP) is 4.38. The van der Waals surface area contributed by atoms with Crippen molar-refractivity contribution in [2.45, 2.75) is 6.42 Å². The second-order valence-corrected chi connectivity index (χ2v) is 8.05. The summed E-state index contributed by atoms with van der Waals surface area (Å²) >= 11 is 6.45. The smallest absolute Gasteiger partial charge is 0.265 e. The normalized spacial score (nSPS) is 14.9. The number of hydrogen-bond donors (Lipinski definition) is 0. The van der Waals surface area contributed by atoms with Gasteiger partial charge in [-0.15, -0.1) is 0 Å². The van der Waals surface area contributed by atoms with E-state index in [2.05, 4.69) is 0 Å². The second-order valence-electron chi connectivity index (χ2n) is 6.38. The molecular weight excluding hydrogens is 422 g/mol. The van der Waals surface area contributed by atoms with Crippen molar-refractivity contribution < 1.29 is 23.7 Å². The molecule has 30 heavy (non-hydrogen) atoms. The van der Waals surface area contributed by atoms with E-state index < -0.39 is 0 Å². The van der Waals surface area contributed by atoms with Crippen molar-refractivity contribution >= 4 is 40.3 Å². The number of likely N-dealkylation sites (N-methyl/N-ethyl adjacent to an activating group) is 1. The number of methoxy groups -OCH3 is 2. The first-order chi connectivity index (χ1) is 14.5. The number of rotatable bonds is 9. The van der Waals surface area contributed by atoms with Crippen LogP contribution in [0, 0.1) is 0 Å². The van der Waals surface area contributed by atoms with Crippen LogP contribution < -0.4 is 18.9 Å². The molecule has 0 bridgehead atoms. The summed E-state index contributed by atoms with van der Waals surface area (Å²) in [5, 5.41) is 0. The van der Waals surface area contributed by atoms with Crippen LogP contribution in [0.15, 0.2) is 47.4 Å². The summed E-state index contributed by atoms with van der Waals surface area (Å²) in [6.07, 6.45) is 2.52. The van der Waals surface area contributed by atoms with E-state index in [0.29, 0.717) is 33.9 Å². The molecule has 1 amide bonds. The van der Waals surface area contributed by atoms with Crippen molar-refractivity contribution in [3.05, 3.63) is 52.9 Å². The molecule has 1 aliphatic rings. The molecule has 0 atom stereocenters. The number of benzene rings is 2. The molecule has 8 heteroatoms. The number of carbonyl (C=O) groups is 1. The van der Waals surface area contributed by atoms with Crippen molar-refractivity contribution in [1.29, 1.82) is 0 Å². The predicted molar refractivity (Wildman–Crippen MR) is 123 cm³/mol. The van der Waals surface area contributed by atoms with Crippen LogP contribution in [0.2, 0.25) is 0 Å². The first-order valence-corrected chi connectivity index (χ1v) is 10.5. The van der Waals surface area contributed by atoms with Gasteiger partial charge in [0.2, 0.25) is 0 Å². The van der Waals surface area contributed by atoms with Crippen LogP contribution in [0.1, 0.15) is 12.0 Å². The molecule has 6 nitrogen and oxygen atoms in total. The van der Waals surface area contributed by atoms with Gasteiger partial charge in [0, 0.05) is 13.5 Å². The van der Waals surface area contributed by atoms with E-state index in [1.807, 2.05) is 42.5 Å². The summed E-state index contributed by atoms with van der Waals surface area (Å²) in [5.41, 5.74) is 0.844. The van der Waals surface area contributed by atoms with Crippen LogP contribution in [-0.4, -0.2) is 49.6 Å². The fourth-order valence-corrected chi connectivity index (χ4v) is 3.87. The Bertz CT molecular complexity index is 943. The van der Waals surface area contributed by atoms with E-state index in [4.69, 9.17) is 31.2 Å². The Hall–Kier alpha value is -2.71. The van der Waals surface area contributed by atoms with Gasteiger partial charge in [-0.3, -0.25) is 9.69 Å². The van der Waals surface area contributed by atoms with Crippen molar-refractivity contribution in [3.8, 4) is 23.0 Å². The summed E-state index contributed by atoms with van der Waals surface area (Å²) in [6, 6.07) is 13.0. The highest BCUT2D eigenvalue weighted by molar-refractivity contribution is 8.26. The highest BCUT2D eigenvalue weighted by atomic mass is 32.2. The molecule has 0 radical (unpaired) electrons. The average Bonchev–Trinajstić information content (AvgIpc) is 3.01. The van der Waals surface area contributed by atoms with Gasteiger partial charge in [-0.25, -0.2) is 0 Å². The highest BCUT2D eigenvalue weighted by Gasteiger charge is 2.28. The molecule has 1 heterocycles. The Kier molecular flexibility index (Phi) is 7.59. The van der Waals surface area contributed by atoms with Crippen LogP contribution in [0.3, 0.4) is 0 Å². The van der Waals surface area contributed by atoms with E-state index in [1.165, 1.54) is 16.7 Å². The van der Waals surface area contributed by atoms with Gasteiger partial charge in [0.25, 0.3) is 5.91 Å². The van der Waals surface area contributed by atoms with E-state index in [0.717, 1.165) is 23.5 Å². The maximum Gasteiger partial charge on any atom is 0.265 e. The van der Waals surface area contributed by atoms with E-state index in [-0.39, 0.29) is 5.91 Å². The van der Waals surface area contributed by atoms with Gasteiger partial charge in [0.1, 0.15) is 15.8 Å². The lowest BCUT2D eigenvalue weighted by atomic mass is 10.2. The minimum Gasteiger partial charge on any atom is -0.497 e. The van der Waals surface area contributed by atoms with Gasteiger partial charge < -0.3 is 18.9 Å². The van der Waals surface area contributed by atoms with Crippen LogP contribution in [0.5, 0.6) is 23.0 Å². The lowest BCUT2D eigenvalue weighted by Crippen LogP contribution is -2.22. The van der Waals surface area contributed by atoms with Gasteiger partial charge in [0.05, 0.1) is 32.3 Å². The quantitative estimate of drug-likeness (QED) is 0.322. The Morgan fingerprint density at radius 3 is 2.30 bits per heavy atom. The molecule has 1 fully saturated rings. The summed E-state index contributed by atoms with van der Waals surface area (Å²) in [7, 11) is 4.89. The zero-order chi connectivity index (χ0) is 21.5. The molecule has 0 aliphatic carbocycles. The largest absolute Gasteiger partial charge is 0.497 e. The van der Waals surface area contributed by atoms with Crippen molar-refractivity contribution in [2.75, 3.05) is 34.5 Å². The van der Waals surface area contributed by atoms with Gasteiger partial charge in [-0.05, 0) is 48.0 Å². The molecule has 0 saturated carbocycles. The van der Waals surface area contributed by atoms with Crippen molar-refractivity contribution in [3.63, 3.8) is 0 Å². The molecule has 2 aromatic carbocycles. The molecule has 1 aliphatic heterocycles. The number of nitrogens with zero attached hydrogens (tertiary/aromatic N) is 1. The standard InChI is InChI=1S/C22H23NO5S2/c1-23-21(24)20(30-22(23)29)14-15-5-10-18(19(13-15)26-3)28-12-4-11-27-17-8-6-16(25-2)7-9-17/h5-10,13-14H,4,11-12H2,1-3H3/b20-14-. The molecular formula is C22H23NO5S2. The molecule has 0 spiro atoms.